The van der Waals surface area contributed by atoms with Gasteiger partial charge in [0.05, 0.1) is 11.7 Å². The molecule has 0 fully saturated rings. The van der Waals surface area contributed by atoms with Crippen molar-refractivity contribution < 1.29 is 18.0 Å². The minimum absolute atomic E-state index is 0.134. The van der Waals surface area contributed by atoms with Crippen LogP contribution in [0.15, 0.2) is 36.8 Å². The van der Waals surface area contributed by atoms with Crippen LogP contribution in [0.2, 0.25) is 0 Å². The lowest BCUT2D eigenvalue weighted by Crippen LogP contribution is -2.27. The van der Waals surface area contributed by atoms with Crippen LogP contribution in [-0.4, -0.2) is 30.6 Å². The maximum atomic E-state index is 12.9. The van der Waals surface area contributed by atoms with E-state index in [0.29, 0.717) is 27.8 Å². The van der Waals surface area contributed by atoms with E-state index in [1.54, 1.807) is 37.2 Å². The minimum atomic E-state index is -4.51. The Kier molecular flexibility index (Phi) is 4.64. The van der Waals surface area contributed by atoms with Gasteiger partial charge >= 0.3 is 6.18 Å². The number of hydrogen-bond donors (Lipinski definition) is 3. The Balaban J connectivity index is 1.62. The van der Waals surface area contributed by atoms with Crippen LogP contribution >= 0.6 is 0 Å². The molecule has 30 heavy (non-hydrogen) atoms. The number of carbonyl (C=O) groups excluding carboxylic acids is 1. The highest BCUT2D eigenvalue weighted by molar-refractivity contribution is 6.00. The zero-order valence-electron chi connectivity index (χ0n) is 16.4. The molecule has 1 amide bonds. The molecule has 0 aliphatic carbocycles. The molecule has 3 N–H and O–H groups in total. The van der Waals surface area contributed by atoms with Crippen molar-refractivity contribution in [2.24, 2.45) is 7.05 Å². The second-order valence-corrected chi connectivity index (χ2v) is 7.10. The Hall–Kier alpha value is -3.56. The number of nitrogens with one attached hydrogen (secondary N) is 3. The van der Waals surface area contributed by atoms with Crippen LogP contribution < -0.4 is 5.32 Å². The van der Waals surface area contributed by atoms with E-state index in [4.69, 9.17) is 0 Å². The average molecular weight is 416 g/mol. The van der Waals surface area contributed by atoms with Gasteiger partial charge < -0.3 is 15.3 Å². The molecule has 0 saturated heterocycles. The van der Waals surface area contributed by atoms with Gasteiger partial charge in [0.15, 0.2) is 0 Å². The summed E-state index contributed by atoms with van der Waals surface area (Å²) >= 11 is 0. The molecular formula is C20H19F3N6O. The Morgan fingerprint density at radius 1 is 1.17 bits per heavy atom. The lowest BCUT2D eigenvalue weighted by atomic mass is 10.0. The number of carbonyl (C=O) groups is 1. The maximum Gasteiger partial charge on any atom is 0.433 e. The smallest absolute Gasteiger partial charge is 0.356 e. The van der Waals surface area contributed by atoms with Crippen LogP contribution in [0, 0.1) is 6.92 Å². The number of rotatable bonds is 4. The van der Waals surface area contributed by atoms with Gasteiger partial charge in [0.1, 0.15) is 17.0 Å². The van der Waals surface area contributed by atoms with E-state index in [1.165, 1.54) is 6.07 Å². The largest absolute Gasteiger partial charge is 0.433 e. The summed E-state index contributed by atoms with van der Waals surface area (Å²) in [7, 11) is 1.80. The first-order chi connectivity index (χ1) is 14.1. The number of pyridine rings is 1. The van der Waals surface area contributed by atoms with E-state index in [1.807, 2.05) is 13.0 Å². The number of halogens is 3. The van der Waals surface area contributed by atoms with Crippen LogP contribution in [0.1, 0.15) is 40.4 Å². The molecular weight excluding hydrogens is 397 g/mol. The summed E-state index contributed by atoms with van der Waals surface area (Å²) in [6, 6.07) is 3.87. The average Bonchev–Trinajstić information content (AvgIpc) is 3.38. The van der Waals surface area contributed by atoms with Crippen LogP contribution in [0.5, 0.6) is 0 Å². The van der Waals surface area contributed by atoms with Crippen molar-refractivity contribution in [2.45, 2.75) is 26.1 Å². The summed E-state index contributed by atoms with van der Waals surface area (Å²) < 4.78 is 40.4. The van der Waals surface area contributed by atoms with E-state index in [0.717, 1.165) is 11.8 Å². The molecule has 10 heteroatoms. The lowest BCUT2D eigenvalue weighted by molar-refractivity contribution is -0.141. The molecule has 0 saturated carbocycles. The molecule has 1 atom stereocenters. The Morgan fingerprint density at radius 3 is 2.57 bits per heavy atom. The maximum absolute atomic E-state index is 12.9. The van der Waals surface area contributed by atoms with Crippen molar-refractivity contribution in [3.63, 3.8) is 0 Å². The Labute approximate surface area is 169 Å². The zero-order chi connectivity index (χ0) is 21.6. The van der Waals surface area contributed by atoms with Gasteiger partial charge in [-0.25, -0.2) is 4.98 Å². The second kappa shape index (κ2) is 7.05. The minimum Gasteiger partial charge on any atom is -0.356 e. The number of alkyl halides is 3. The molecule has 4 heterocycles. The van der Waals surface area contributed by atoms with Crippen molar-refractivity contribution in [3.05, 3.63) is 59.4 Å². The van der Waals surface area contributed by atoms with Gasteiger partial charge in [-0.3, -0.25) is 9.48 Å². The summed E-state index contributed by atoms with van der Waals surface area (Å²) in [6.07, 6.45) is 0.534. The number of amides is 1. The Morgan fingerprint density at radius 2 is 1.90 bits per heavy atom. The molecule has 4 aromatic heterocycles. The molecule has 4 rings (SSSR count). The first kappa shape index (κ1) is 19.7. The predicted octanol–water partition coefficient (Wildman–Crippen LogP) is 4.11. The topological polar surface area (TPSA) is 91.4 Å². The van der Waals surface area contributed by atoms with Gasteiger partial charge in [-0.15, -0.1) is 0 Å². The highest BCUT2D eigenvalue weighted by atomic mass is 19.4. The molecule has 7 nitrogen and oxygen atoms in total. The van der Waals surface area contributed by atoms with E-state index in [9.17, 15) is 18.0 Å². The molecule has 1 unspecified atom stereocenters. The quantitative estimate of drug-likeness (QED) is 0.468. The van der Waals surface area contributed by atoms with Crippen LogP contribution in [0.3, 0.4) is 0 Å². The molecule has 0 spiro atoms. The molecule has 0 radical (unpaired) electrons. The molecule has 0 aliphatic rings. The number of H-pyrrole nitrogens is 2. The van der Waals surface area contributed by atoms with E-state index >= 15 is 0 Å². The fraction of sp³-hybridized carbons (Fsp3) is 0.250. The van der Waals surface area contributed by atoms with E-state index in [2.05, 4.69) is 25.4 Å². The Bertz CT molecular complexity index is 1230. The normalized spacial score (nSPS) is 13.0. The predicted molar refractivity (Wildman–Crippen MR) is 105 cm³/mol. The summed E-state index contributed by atoms with van der Waals surface area (Å²) in [6.45, 7) is 3.62. The fourth-order valence-electron chi connectivity index (χ4n) is 3.40. The monoisotopic (exact) mass is 416 g/mol. The zero-order valence-corrected chi connectivity index (χ0v) is 16.4. The van der Waals surface area contributed by atoms with E-state index < -0.39 is 11.9 Å². The van der Waals surface area contributed by atoms with Gasteiger partial charge in [-0.2, -0.15) is 18.3 Å². The van der Waals surface area contributed by atoms with E-state index in [-0.39, 0.29) is 17.6 Å². The SMILES string of the molecule is Cc1c(-c2c[nH]c3nc(C(F)(F)F)ccc23)c[nH]c1C(=O)NC(C)c1ccn(C)n1. The molecule has 4 aromatic rings. The number of hydrogen-bond acceptors (Lipinski definition) is 3. The van der Waals surface area contributed by atoms with Crippen LogP contribution in [0.4, 0.5) is 13.2 Å². The van der Waals surface area contributed by atoms with Crippen molar-refractivity contribution in [1.29, 1.82) is 0 Å². The molecule has 156 valence electrons. The number of aromatic amines is 2. The van der Waals surface area contributed by atoms with Crippen molar-refractivity contribution >= 4 is 16.9 Å². The summed E-state index contributed by atoms with van der Waals surface area (Å²) in [5, 5.41) is 7.72. The van der Waals surface area contributed by atoms with Gasteiger partial charge in [0, 0.05) is 42.2 Å². The van der Waals surface area contributed by atoms with Gasteiger partial charge in [0.2, 0.25) is 0 Å². The first-order valence-corrected chi connectivity index (χ1v) is 9.19. The van der Waals surface area contributed by atoms with Crippen molar-refractivity contribution in [2.75, 3.05) is 0 Å². The van der Waals surface area contributed by atoms with Crippen LogP contribution in [-0.2, 0) is 13.2 Å². The summed E-state index contributed by atoms with van der Waals surface area (Å²) in [4.78, 5) is 22.2. The molecule has 0 aromatic carbocycles. The number of aromatic nitrogens is 5. The fourth-order valence-corrected chi connectivity index (χ4v) is 3.40. The number of nitrogens with zero attached hydrogens (tertiary/aromatic N) is 3. The highest BCUT2D eigenvalue weighted by Gasteiger charge is 2.33. The second-order valence-electron chi connectivity index (χ2n) is 7.10. The van der Waals surface area contributed by atoms with Gasteiger partial charge in [-0.05, 0) is 37.6 Å². The van der Waals surface area contributed by atoms with Crippen molar-refractivity contribution in [3.8, 4) is 11.1 Å². The highest BCUT2D eigenvalue weighted by Crippen LogP contribution is 2.34. The standard InChI is InChI=1S/C20H19F3N6O/c1-10-13(14-9-25-18-12(14)4-5-16(27-18)20(21,22)23)8-24-17(10)19(30)26-11(2)15-6-7-29(3)28-15/h4-9,11,24H,1-3H3,(H,25,27)(H,26,30). The van der Waals surface area contributed by atoms with Crippen LogP contribution in [0.25, 0.3) is 22.2 Å². The summed E-state index contributed by atoms with van der Waals surface area (Å²) in [5.74, 6) is -0.297. The number of fused-ring (bicyclic) bond motifs is 1. The number of aryl methyl sites for hydroxylation is 1. The third-order valence-electron chi connectivity index (χ3n) is 5.01. The van der Waals surface area contributed by atoms with Crippen molar-refractivity contribution in [1.82, 2.24) is 30.0 Å². The lowest BCUT2D eigenvalue weighted by Gasteiger charge is -2.11. The molecule has 0 bridgehead atoms. The third-order valence-corrected chi connectivity index (χ3v) is 5.01. The summed E-state index contributed by atoms with van der Waals surface area (Å²) in [5.41, 5.74) is 2.34. The molecule has 0 aliphatic heterocycles. The van der Waals surface area contributed by atoms with Gasteiger partial charge in [0.25, 0.3) is 5.91 Å². The van der Waals surface area contributed by atoms with Gasteiger partial charge in [-0.1, -0.05) is 0 Å². The third kappa shape index (κ3) is 3.44. The first-order valence-electron chi connectivity index (χ1n) is 9.19.